The van der Waals surface area contributed by atoms with E-state index < -0.39 is 0 Å². The van der Waals surface area contributed by atoms with Crippen molar-refractivity contribution in [3.63, 3.8) is 0 Å². The lowest BCUT2D eigenvalue weighted by atomic mass is 9.87. The van der Waals surface area contributed by atoms with E-state index >= 15 is 0 Å². The third-order valence-corrected chi connectivity index (χ3v) is 4.29. The maximum atomic E-state index is 12.3. The van der Waals surface area contributed by atoms with Gasteiger partial charge in [-0.05, 0) is 60.7 Å². The van der Waals surface area contributed by atoms with Crippen LogP contribution in [0.2, 0.25) is 0 Å². The number of carbonyl (C=O) groups excluding carboxylic acids is 1. The van der Waals surface area contributed by atoms with Gasteiger partial charge in [0.25, 0.3) is 0 Å². The Balaban J connectivity index is 1.83. The molecule has 0 aromatic heterocycles. The molecule has 0 radical (unpaired) electrons. The predicted octanol–water partition coefficient (Wildman–Crippen LogP) is 5.19. The van der Waals surface area contributed by atoms with Gasteiger partial charge in [-0.3, -0.25) is 4.79 Å². The minimum Gasteiger partial charge on any atom is -0.495 e. The summed E-state index contributed by atoms with van der Waals surface area (Å²) in [6.07, 6.45) is 1.00. The van der Waals surface area contributed by atoms with E-state index in [1.807, 2.05) is 49.4 Å². The molecule has 0 spiro atoms. The highest BCUT2D eigenvalue weighted by atomic mass is 16.5. The van der Waals surface area contributed by atoms with Crippen LogP contribution in [0.1, 0.15) is 46.1 Å². The zero-order chi connectivity index (χ0) is 20.6. The van der Waals surface area contributed by atoms with E-state index in [2.05, 4.69) is 26.1 Å². The molecule has 1 N–H and O–H groups in total. The molecule has 0 unspecified atom stereocenters. The average Bonchev–Trinajstić information content (AvgIpc) is 2.66. The Kier molecular flexibility index (Phi) is 7.73. The second-order valence-electron chi connectivity index (χ2n) is 7.57. The van der Waals surface area contributed by atoms with Gasteiger partial charge in [0.15, 0.2) is 0 Å². The zero-order valence-electron chi connectivity index (χ0n) is 17.5. The standard InChI is InChI=1S/C23H31NO4/c1-6-27-18-10-12-19(13-11-18)28-15-7-8-22(25)24-20-16-17(23(2,3)4)9-14-21(20)26-5/h9-14,16H,6-8,15H2,1-5H3,(H,24,25). The summed E-state index contributed by atoms with van der Waals surface area (Å²) in [5.74, 6) is 2.19. The van der Waals surface area contributed by atoms with Crippen molar-refractivity contribution < 1.29 is 19.0 Å². The summed E-state index contributed by atoms with van der Waals surface area (Å²) in [5.41, 5.74) is 1.84. The van der Waals surface area contributed by atoms with Crippen molar-refractivity contribution >= 4 is 11.6 Å². The lowest BCUT2D eigenvalue weighted by Crippen LogP contribution is -2.16. The SMILES string of the molecule is CCOc1ccc(OCCCC(=O)Nc2cc(C(C)(C)C)ccc2OC)cc1. The van der Waals surface area contributed by atoms with Crippen molar-refractivity contribution in [1.29, 1.82) is 0 Å². The summed E-state index contributed by atoms with van der Waals surface area (Å²) in [6.45, 7) is 9.47. The van der Waals surface area contributed by atoms with E-state index in [-0.39, 0.29) is 11.3 Å². The molecule has 0 aliphatic carbocycles. The van der Waals surface area contributed by atoms with Gasteiger partial charge in [0.05, 0.1) is 26.0 Å². The van der Waals surface area contributed by atoms with Crippen LogP contribution in [0.25, 0.3) is 0 Å². The van der Waals surface area contributed by atoms with E-state index in [0.717, 1.165) is 17.1 Å². The van der Waals surface area contributed by atoms with Crippen LogP contribution in [-0.2, 0) is 10.2 Å². The molecule has 0 atom stereocenters. The smallest absolute Gasteiger partial charge is 0.224 e. The fraction of sp³-hybridized carbons (Fsp3) is 0.435. The maximum Gasteiger partial charge on any atom is 0.224 e. The van der Waals surface area contributed by atoms with Gasteiger partial charge in [-0.1, -0.05) is 26.8 Å². The molecule has 0 fully saturated rings. The van der Waals surface area contributed by atoms with Gasteiger partial charge in [-0.2, -0.15) is 0 Å². The van der Waals surface area contributed by atoms with Crippen LogP contribution >= 0.6 is 0 Å². The van der Waals surface area contributed by atoms with Crippen molar-refractivity contribution in [2.75, 3.05) is 25.6 Å². The van der Waals surface area contributed by atoms with Gasteiger partial charge >= 0.3 is 0 Å². The van der Waals surface area contributed by atoms with Crippen LogP contribution in [0, 0.1) is 0 Å². The van der Waals surface area contributed by atoms with E-state index in [4.69, 9.17) is 14.2 Å². The number of methoxy groups -OCH3 is 1. The fourth-order valence-corrected chi connectivity index (χ4v) is 2.71. The van der Waals surface area contributed by atoms with Crippen molar-refractivity contribution in [3.05, 3.63) is 48.0 Å². The van der Waals surface area contributed by atoms with Crippen LogP contribution < -0.4 is 19.5 Å². The lowest BCUT2D eigenvalue weighted by Gasteiger charge is -2.21. The lowest BCUT2D eigenvalue weighted by molar-refractivity contribution is -0.116. The number of amides is 1. The number of ether oxygens (including phenoxy) is 3. The molecule has 0 aliphatic rings. The van der Waals surface area contributed by atoms with Crippen LogP contribution in [0.5, 0.6) is 17.2 Å². The van der Waals surface area contributed by atoms with Crippen LogP contribution in [0.15, 0.2) is 42.5 Å². The largest absolute Gasteiger partial charge is 0.495 e. The van der Waals surface area contributed by atoms with Gasteiger partial charge in [-0.15, -0.1) is 0 Å². The minimum atomic E-state index is -0.0559. The molecule has 1 amide bonds. The molecule has 0 aliphatic heterocycles. The van der Waals surface area contributed by atoms with E-state index in [1.165, 1.54) is 0 Å². The number of benzene rings is 2. The molecule has 2 rings (SSSR count). The third kappa shape index (κ3) is 6.48. The summed E-state index contributed by atoms with van der Waals surface area (Å²) < 4.78 is 16.5. The third-order valence-electron chi connectivity index (χ3n) is 4.29. The normalized spacial score (nSPS) is 11.0. The molecule has 2 aromatic rings. The number of carbonyl (C=O) groups is 1. The van der Waals surface area contributed by atoms with Gasteiger partial charge in [-0.25, -0.2) is 0 Å². The quantitative estimate of drug-likeness (QED) is 0.604. The number of rotatable bonds is 9. The Morgan fingerprint density at radius 3 is 2.21 bits per heavy atom. The Morgan fingerprint density at radius 1 is 1.00 bits per heavy atom. The molecule has 0 saturated heterocycles. The van der Waals surface area contributed by atoms with E-state index in [0.29, 0.717) is 37.5 Å². The summed E-state index contributed by atoms with van der Waals surface area (Å²) in [6, 6.07) is 13.4. The molecule has 0 saturated carbocycles. The molecule has 2 aromatic carbocycles. The number of hydrogen-bond donors (Lipinski definition) is 1. The summed E-state index contributed by atoms with van der Waals surface area (Å²) in [7, 11) is 1.60. The highest BCUT2D eigenvalue weighted by molar-refractivity contribution is 5.92. The van der Waals surface area contributed by atoms with Gasteiger partial charge in [0, 0.05) is 6.42 Å². The van der Waals surface area contributed by atoms with Crippen LogP contribution in [0.4, 0.5) is 5.69 Å². The second-order valence-corrected chi connectivity index (χ2v) is 7.57. The van der Waals surface area contributed by atoms with Crippen LogP contribution in [0.3, 0.4) is 0 Å². The van der Waals surface area contributed by atoms with Crippen molar-refractivity contribution in [1.82, 2.24) is 0 Å². The first-order valence-electron chi connectivity index (χ1n) is 9.67. The highest BCUT2D eigenvalue weighted by Gasteiger charge is 2.17. The average molecular weight is 386 g/mol. The van der Waals surface area contributed by atoms with Gasteiger partial charge < -0.3 is 19.5 Å². The predicted molar refractivity (Wildman–Crippen MR) is 113 cm³/mol. The molecule has 28 heavy (non-hydrogen) atoms. The van der Waals surface area contributed by atoms with Crippen molar-refractivity contribution in [2.45, 2.75) is 46.0 Å². The Hall–Kier alpha value is -2.69. The summed E-state index contributed by atoms with van der Waals surface area (Å²) in [4.78, 5) is 12.3. The van der Waals surface area contributed by atoms with Gasteiger partial charge in [0.1, 0.15) is 17.2 Å². The Labute approximate surface area is 168 Å². The van der Waals surface area contributed by atoms with E-state index in [9.17, 15) is 4.79 Å². The topological polar surface area (TPSA) is 56.8 Å². The fourth-order valence-electron chi connectivity index (χ4n) is 2.71. The van der Waals surface area contributed by atoms with E-state index in [1.54, 1.807) is 7.11 Å². The monoisotopic (exact) mass is 385 g/mol. The van der Waals surface area contributed by atoms with Gasteiger partial charge in [0.2, 0.25) is 5.91 Å². The van der Waals surface area contributed by atoms with Crippen molar-refractivity contribution in [2.24, 2.45) is 0 Å². The molecular weight excluding hydrogens is 354 g/mol. The molecule has 152 valence electrons. The molecule has 5 nitrogen and oxygen atoms in total. The first-order valence-corrected chi connectivity index (χ1v) is 9.67. The first-order chi connectivity index (χ1) is 13.3. The molecule has 0 heterocycles. The minimum absolute atomic E-state index is 0.00267. The number of hydrogen-bond acceptors (Lipinski definition) is 4. The molecular formula is C23H31NO4. The number of anilines is 1. The van der Waals surface area contributed by atoms with Crippen LogP contribution in [-0.4, -0.2) is 26.2 Å². The zero-order valence-corrected chi connectivity index (χ0v) is 17.5. The number of nitrogens with one attached hydrogen (secondary N) is 1. The summed E-state index contributed by atoms with van der Waals surface area (Å²) in [5, 5.41) is 2.96. The Morgan fingerprint density at radius 2 is 1.64 bits per heavy atom. The highest BCUT2D eigenvalue weighted by Crippen LogP contribution is 2.31. The first kappa shape index (κ1) is 21.6. The summed E-state index contributed by atoms with van der Waals surface area (Å²) >= 11 is 0. The second kappa shape index (κ2) is 10.0. The Bertz CT molecular complexity index is 763. The molecule has 0 bridgehead atoms. The maximum absolute atomic E-state index is 12.3. The van der Waals surface area contributed by atoms with Crippen molar-refractivity contribution in [3.8, 4) is 17.2 Å². The molecule has 5 heteroatoms.